The van der Waals surface area contributed by atoms with Crippen LogP contribution in [0, 0.1) is 0 Å². The topological polar surface area (TPSA) is 66.4 Å². The van der Waals surface area contributed by atoms with Gasteiger partial charge >= 0.3 is 0 Å². The largest absolute Gasteiger partial charge is 0.375 e. The van der Waals surface area contributed by atoms with E-state index >= 15 is 0 Å². The number of ether oxygens (including phenoxy) is 5. The lowest BCUT2D eigenvalue weighted by Gasteiger charge is -2.44. The molecule has 1 N–H and O–H groups in total. The molecule has 4 rings (SSSR count). The lowest BCUT2D eigenvalue weighted by molar-refractivity contribution is -0.316. The fourth-order valence-corrected chi connectivity index (χ4v) is 4.17. The Morgan fingerprint density at radius 3 is 1.58 bits per heavy atom. The summed E-state index contributed by atoms with van der Waals surface area (Å²) in [6.07, 6.45) is -1.98. The summed E-state index contributed by atoms with van der Waals surface area (Å²) in [5.74, 6) is 0. The van der Waals surface area contributed by atoms with Gasteiger partial charge in [-0.25, -0.2) is 0 Å². The summed E-state index contributed by atoms with van der Waals surface area (Å²) in [5.41, 5.74) is 3.03. The molecule has 190 valence electrons. The van der Waals surface area contributed by atoms with Crippen molar-refractivity contribution in [3.05, 3.63) is 120 Å². The molecule has 0 amide bonds. The second-order valence-electron chi connectivity index (χ2n) is 8.67. The van der Waals surface area contributed by atoms with E-state index in [0.717, 1.165) is 16.7 Å². The molecule has 1 unspecified atom stereocenters. The zero-order chi connectivity index (χ0) is 25.0. The number of benzene rings is 3. The van der Waals surface area contributed by atoms with Crippen molar-refractivity contribution >= 4 is 0 Å². The van der Waals surface area contributed by atoms with E-state index in [0.29, 0.717) is 26.4 Å². The summed E-state index contributed by atoms with van der Waals surface area (Å²) in [4.78, 5) is 0. The molecule has 5 atom stereocenters. The van der Waals surface area contributed by atoms with Crippen LogP contribution in [0.4, 0.5) is 0 Å². The van der Waals surface area contributed by atoms with Gasteiger partial charge in [0, 0.05) is 0 Å². The van der Waals surface area contributed by atoms with Crippen LogP contribution in [0.3, 0.4) is 0 Å². The summed E-state index contributed by atoms with van der Waals surface area (Å²) < 4.78 is 30.7. The van der Waals surface area contributed by atoms with Crippen molar-refractivity contribution in [1.82, 2.24) is 0 Å². The first-order valence-corrected chi connectivity index (χ1v) is 12.2. The fraction of sp³-hybridized carbons (Fsp3) is 0.333. The first kappa shape index (κ1) is 26.2. The first-order valence-electron chi connectivity index (χ1n) is 12.2. The van der Waals surface area contributed by atoms with Gasteiger partial charge in [-0.2, -0.15) is 0 Å². The third-order valence-corrected chi connectivity index (χ3v) is 5.98. The van der Waals surface area contributed by atoms with E-state index in [1.807, 2.05) is 91.0 Å². The second-order valence-corrected chi connectivity index (χ2v) is 8.67. The third-order valence-electron chi connectivity index (χ3n) is 5.98. The molecule has 6 heteroatoms. The molecule has 3 aromatic rings. The predicted molar refractivity (Wildman–Crippen MR) is 137 cm³/mol. The molecular formula is C30H34O6. The van der Waals surface area contributed by atoms with Crippen LogP contribution in [-0.2, 0) is 43.5 Å². The average Bonchev–Trinajstić information content (AvgIpc) is 2.92. The van der Waals surface area contributed by atoms with Crippen molar-refractivity contribution in [2.24, 2.45) is 0 Å². The summed E-state index contributed by atoms with van der Waals surface area (Å²) in [5, 5.41) is 11.0. The molecule has 0 saturated carbocycles. The summed E-state index contributed by atoms with van der Waals surface area (Å²) >= 11 is 0. The van der Waals surface area contributed by atoms with Crippen molar-refractivity contribution < 1.29 is 28.8 Å². The Bertz CT molecular complexity index is 1010. The maximum Gasteiger partial charge on any atom is 0.184 e. The van der Waals surface area contributed by atoms with Crippen molar-refractivity contribution in [2.45, 2.75) is 50.5 Å². The van der Waals surface area contributed by atoms with Gasteiger partial charge in [0.25, 0.3) is 0 Å². The standard InChI is InChI=1S/C30H34O6/c1-2-18-32-22-26-27(33-19-23-12-6-3-7-13-23)28(34-20-24-14-8-4-9-15-24)29(30(31)36-26)35-21-25-16-10-5-11-17-25/h2-17,26-31H,1,18-22H2/t26-,27+,28+,29-,30?/m1/s1. The van der Waals surface area contributed by atoms with E-state index in [9.17, 15) is 5.11 Å². The molecule has 6 nitrogen and oxygen atoms in total. The van der Waals surface area contributed by atoms with Gasteiger partial charge < -0.3 is 28.8 Å². The number of hydrogen-bond acceptors (Lipinski definition) is 6. The summed E-state index contributed by atoms with van der Waals surface area (Å²) in [6.45, 7) is 5.30. The van der Waals surface area contributed by atoms with Crippen LogP contribution in [0.25, 0.3) is 0 Å². The van der Waals surface area contributed by atoms with Crippen LogP contribution in [0.1, 0.15) is 16.7 Å². The van der Waals surface area contributed by atoms with E-state index < -0.39 is 30.7 Å². The van der Waals surface area contributed by atoms with Crippen LogP contribution >= 0.6 is 0 Å². The van der Waals surface area contributed by atoms with Crippen molar-refractivity contribution in [3.63, 3.8) is 0 Å². The van der Waals surface area contributed by atoms with Crippen molar-refractivity contribution in [3.8, 4) is 0 Å². The van der Waals surface area contributed by atoms with Gasteiger partial charge in [-0.15, -0.1) is 6.58 Å². The maximum absolute atomic E-state index is 11.0. The fourth-order valence-electron chi connectivity index (χ4n) is 4.17. The highest BCUT2D eigenvalue weighted by molar-refractivity contribution is 5.15. The zero-order valence-corrected chi connectivity index (χ0v) is 20.4. The van der Waals surface area contributed by atoms with E-state index in [2.05, 4.69) is 6.58 Å². The Morgan fingerprint density at radius 1 is 0.667 bits per heavy atom. The average molecular weight is 491 g/mol. The molecule has 1 aliphatic rings. The summed E-state index contributed by atoms with van der Waals surface area (Å²) in [7, 11) is 0. The van der Waals surface area contributed by atoms with E-state index in [1.54, 1.807) is 6.08 Å². The Hall–Kier alpha value is -2.84. The normalized spacial score (nSPS) is 23.9. The minimum atomic E-state index is -1.21. The Morgan fingerprint density at radius 2 is 1.11 bits per heavy atom. The smallest absolute Gasteiger partial charge is 0.184 e. The van der Waals surface area contributed by atoms with Gasteiger partial charge in [0.2, 0.25) is 0 Å². The molecule has 36 heavy (non-hydrogen) atoms. The molecule has 3 aromatic carbocycles. The van der Waals surface area contributed by atoms with Crippen LogP contribution in [0.5, 0.6) is 0 Å². The van der Waals surface area contributed by atoms with Crippen LogP contribution in [0.2, 0.25) is 0 Å². The molecule has 0 radical (unpaired) electrons. The Balaban J connectivity index is 1.56. The quantitative estimate of drug-likeness (QED) is 0.278. The molecule has 0 aromatic heterocycles. The van der Waals surface area contributed by atoms with Gasteiger partial charge in [0.1, 0.15) is 24.4 Å². The third kappa shape index (κ3) is 7.58. The Labute approximate surface area is 213 Å². The van der Waals surface area contributed by atoms with Gasteiger partial charge in [-0.1, -0.05) is 97.1 Å². The summed E-state index contributed by atoms with van der Waals surface area (Å²) in [6, 6.07) is 29.6. The Kier molecular flexibility index (Phi) is 10.2. The number of aliphatic hydroxyl groups excluding tert-OH is 1. The molecule has 1 fully saturated rings. The first-order chi connectivity index (χ1) is 17.7. The van der Waals surface area contributed by atoms with Gasteiger partial charge in [-0.05, 0) is 16.7 Å². The number of rotatable bonds is 13. The van der Waals surface area contributed by atoms with E-state index in [4.69, 9.17) is 23.7 Å². The van der Waals surface area contributed by atoms with Gasteiger partial charge in [-0.3, -0.25) is 0 Å². The number of hydrogen-bond donors (Lipinski definition) is 1. The van der Waals surface area contributed by atoms with Gasteiger partial charge in [0.15, 0.2) is 6.29 Å². The van der Waals surface area contributed by atoms with Crippen LogP contribution < -0.4 is 0 Å². The molecular weight excluding hydrogens is 456 g/mol. The lowest BCUT2D eigenvalue weighted by atomic mass is 9.98. The molecule has 0 spiro atoms. The van der Waals surface area contributed by atoms with E-state index in [1.165, 1.54) is 0 Å². The SMILES string of the molecule is C=CCOC[C@H]1OC(O)[C@H](OCc2ccccc2)[C@@H](OCc2ccccc2)[C@H]1OCc1ccccc1. The highest BCUT2D eigenvalue weighted by atomic mass is 16.7. The minimum absolute atomic E-state index is 0.221. The zero-order valence-electron chi connectivity index (χ0n) is 20.4. The molecule has 1 saturated heterocycles. The molecule has 1 aliphatic heterocycles. The number of aliphatic hydroxyl groups is 1. The molecule has 1 heterocycles. The molecule has 0 bridgehead atoms. The van der Waals surface area contributed by atoms with Crippen molar-refractivity contribution in [2.75, 3.05) is 13.2 Å². The van der Waals surface area contributed by atoms with Crippen LogP contribution in [0.15, 0.2) is 104 Å². The van der Waals surface area contributed by atoms with Crippen LogP contribution in [-0.4, -0.2) is 49.0 Å². The van der Waals surface area contributed by atoms with E-state index in [-0.39, 0.29) is 6.61 Å². The lowest BCUT2D eigenvalue weighted by Crippen LogP contribution is -2.61. The maximum atomic E-state index is 11.0. The highest BCUT2D eigenvalue weighted by Crippen LogP contribution is 2.30. The van der Waals surface area contributed by atoms with Gasteiger partial charge in [0.05, 0.1) is 33.0 Å². The molecule has 0 aliphatic carbocycles. The predicted octanol–water partition coefficient (Wildman–Crippen LogP) is 4.66. The minimum Gasteiger partial charge on any atom is -0.375 e. The van der Waals surface area contributed by atoms with Crippen molar-refractivity contribution in [1.29, 1.82) is 0 Å². The second kappa shape index (κ2) is 14.0. The monoisotopic (exact) mass is 490 g/mol. The highest BCUT2D eigenvalue weighted by Gasteiger charge is 2.48.